The number of nitrogens with zero attached hydrogens (tertiary/aromatic N) is 1. The van der Waals surface area contributed by atoms with Crippen molar-refractivity contribution in [2.75, 3.05) is 14.1 Å². The van der Waals surface area contributed by atoms with Crippen LogP contribution in [0.4, 0.5) is 4.39 Å². The van der Waals surface area contributed by atoms with Gasteiger partial charge in [0.2, 0.25) is 5.91 Å². The second kappa shape index (κ2) is 10.1. The summed E-state index contributed by atoms with van der Waals surface area (Å²) in [6, 6.07) is 25.6. The molecule has 2 N–H and O–H groups in total. The van der Waals surface area contributed by atoms with Crippen LogP contribution in [0.2, 0.25) is 0 Å². The summed E-state index contributed by atoms with van der Waals surface area (Å²) in [5.41, 5.74) is 5.60. The van der Waals surface area contributed by atoms with Crippen LogP contribution in [0.15, 0.2) is 84.9 Å². The highest BCUT2D eigenvalue weighted by atomic mass is 19.1. The van der Waals surface area contributed by atoms with Gasteiger partial charge >= 0.3 is 0 Å². The Hall–Kier alpha value is -3.70. The Morgan fingerprint density at radius 3 is 2.46 bits per heavy atom. The summed E-state index contributed by atoms with van der Waals surface area (Å²) in [6.07, 6.45) is 9.00. The number of hydrogen-bond acceptors (Lipinski definition) is 2. The largest absolute Gasteiger partial charge is 0.358 e. The first-order valence-corrected chi connectivity index (χ1v) is 14.0. The molecular formula is C34H36FN3O. The summed E-state index contributed by atoms with van der Waals surface area (Å²) in [6.45, 7) is 0. The third-order valence-electron chi connectivity index (χ3n) is 9.26. The summed E-state index contributed by atoms with van der Waals surface area (Å²) in [7, 11) is 4.22. The fourth-order valence-corrected chi connectivity index (χ4v) is 7.21. The molecule has 1 saturated carbocycles. The number of aromatic amines is 1. The Bertz CT molecular complexity index is 1510. The van der Waals surface area contributed by atoms with Gasteiger partial charge in [0.15, 0.2) is 0 Å². The molecule has 1 spiro atoms. The quantitative estimate of drug-likeness (QED) is 0.287. The zero-order chi connectivity index (χ0) is 27.0. The van der Waals surface area contributed by atoms with E-state index in [4.69, 9.17) is 0 Å². The van der Waals surface area contributed by atoms with Crippen molar-refractivity contribution in [3.63, 3.8) is 0 Å². The van der Waals surface area contributed by atoms with Gasteiger partial charge in [-0.2, -0.15) is 0 Å². The third-order valence-corrected chi connectivity index (χ3v) is 9.26. The fourth-order valence-electron chi connectivity index (χ4n) is 7.21. The molecule has 1 unspecified atom stereocenters. The molecule has 0 bridgehead atoms. The van der Waals surface area contributed by atoms with E-state index >= 15 is 0 Å². The maximum atomic E-state index is 14.3. The van der Waals surface area contributed by atoms with Crippen LogP contribution >= 0.6 is 0 Å². The summed E-state index contributed by atoms with van der Waals surface area (Å²) in [4.78, 5) is 19.1. The van der Waals surface area contributed by atoms with Crippen molar-refractivity contribution in [1.29, 1.82) is 0 Å². The average Bonchev–Trinajstić information content (AvgIpc) is 3.32. The Labute approximate surface area is 229 Å². The third kappa shape index (κ3) is 4.70. The van der Waals surface area contributed by atoms with Crippen molar-refractivity contribution in [2.24, 2.45) is 0 Å². The van der Waals surface area contributed by atoms with Gasteiger partial charge in [-0.15, -0.1) is 0 Å². The Morgan fingerprint density at radius 1 is 0.974 bits per heavy atom. The Balaban J connectivity index is 1.31. The van der Waals surface area contributed by atoms with E-state index in [0.29, 0.717) is 0 Å². The van der Waals surface area contributed by atoms with Crippen molar-refractivity contribution >= 4 is 22.9 Å². The first-order chi connectivity index (χ1) is 18.9. The van der Waals surface area contributed by atoms with Crippen LogP contribution in [-0.2, 0) is 22.2 Å². The minimum Gasteiger partial charge on any atom is -0.358 e. The van der Waals surface area contributed by atoms with Crippen molar-refractivity contribution in [1.82, 2.24) is 15.2 Å². The highest BCUT2D eigenvalue weighted by molar-refractivity contribution is 5.92. The van der Waals surface area contributed by atoms with Gasteiger partial charge in [0.05, 0.1) is 0 Å². The molecule has 4 nitrogen and oxygen atoms in total. The van der Waals surface area contributed by atoms with E-state index in [9.17, 15) is 9.18 Å². The first-order valence-electron chi connectivity index (χ1n) is 14.0. The van der Waals surface area contributed by atoms with Crippen LogP contribution in [0.5, 0.6) is 0 Å². The molecule has 1 aromatic heterocycles. The predicted molar refractivity (Wildman–Crippen MR) is 156 cm³/mol. The second-order valence-corrected chi connectivity index (χ2v) is 11.6. The molecule has 1 amide bonds. The lowest BCUT2D eigenvalue weighted by molar-refractivity contribution is -0.117. The zero-order valence-electron chi connectivity index (χ0n) is 22.7. The summed E-state index contributed by atoms with van der Waals surface area (Å²) in [5, 5.41) is 4.59. The van der Waals surface area contributed by atoms with Gasteiger partial charge in [0, 0.05) is 39.7 Å². The van der Waals surface area contributed by atoms with Crippen molar-refractivity contribution < 1.29 is 9.18 Å². The van der Waals surface area contributed by atoms with E-state index in [-0.39, 0.29) is 28.7 Å². The Morgan fingerprint density at radius 2 is 1.72 bits per heavy atom. The van der Waals surface area contributed by atoms with Gasteiger partial charge in [-0.25, -0.2) is 4.39 Å². The smallest absolute Gasteiger partial charge is 0.244 e. The van der Waals surface area contributed by atoms with Crippen LogP contribution < -0.4 is 5.32 Å². The highest BCUT2D eigenvalue weighted by Crippen LogP contribution is 2.54. The van der Waals surface area contributed by atoms with Crippen LogP contribution in [-0.4, -0.2) is 35.9 Å². The van der Waals surface area contributed by atoms with Crippen molar-refractivity contribution in [3.8, 4) is 0 Å². The molecule has 4 aromatic rings. The SMILES string of the molecule is CN(C)C1(c2cccc(F)c2)CCC2(CC1)CC(NC(=O)C=Cc1ccccc1)Cc1c2[nH]c2ccccc12. The minimum absolute atomic E-state index is 0.0469. The number of para-hydroxylation sites is 1. The number of nitrogens with one attached hydrogen (secondary N) is 2. The summed E-state index contributed by atoms with van der Waals surface area (Å²) in [5.74, 6) is -0.239. The number of fused-ring (bicyclic) bond motifs is 4. The first kappa shape index (κ1) is 25.6. The molecule has 0 aliphatic heterocycles. The van der Waals surface area contributed by atoms with Gasteiger partial charge in [0.25, 0.3) is 0 Å². The molecule has 39 heavy (non-hydrogen) atoms. The maximum Gasteiger partial charge on any atom is 0.244 e. The predicted octanol–water partition coefficient (Wildman–Crippen LogP) is 6.72. The normalized spacial score (nSPS) is 24.9. The monoisotopic (exact) mass is 521 g/mol. The van der Waals surface area contributed by atoms with E-state index in [1.807, 2.05) is 42.5 Å². The molecular weight excluding hydrogens is 485 g/mol. The molecule has 2 aliphatic carbocycles. The molecule has 6 rings (SSSR count). The maximum absolute atomic E-state index is 14.3. The number of carbonyl (C=O) groups is 1. The van der Waals surface area contributed by atoms with Gasteiger partial charge in [-0.1, -0.05) is 60.7 Å². The molecule has 0 radical (unpaired) electrons. The molecule has 0 saturated heterocycles. The number of H-pyrrole nitrogens is 1. The number of carbonyl (C=O) groups excluding carboxylic acids is 1. The van der Waals surface area contributed by atoms with Crippen molar-refractivity contribution in [2.45, 2.75) is 55.5 Å². The number of amides is 1. The lowest BCUT2D eigenvalue weighted by Crippen LogP contribution is -2.52. The van der Waals surface area contributed by atoms with Crippen molar-refractivity contribution in [3.05, 3.63) is 113 Å². The van der Waals surface area contributed by atoms with Gasteiger partial charge in [0.1, 0.15) is 5.82 Å². The van der Waals surface area contributed by atoms with Crippen LogP contribution in [0.1, 0.15) is 54.5 Å². The number of aromatic nitrogens is 1. The minimum atomic E-state index is -0.214. The molecule has 200 valence electrons. The second-order valence-electron chi connectivity index (χ2n) is 11.6. The summed E-state index contributed by atoms with van der Waals surface area (Å²) >= 11 is 0. The van der Waals surface area contributed by atoms with Crippen LogP contribution in [0.25, 0.3) is 17.0 Å². The molecule has 5 heteroatoms. The summed E-state index contributed by atoms with van der Waals surface area (Å²) < 4.78 is 14.3. The fraction of sp³-hybridized carbons (Fsp3) is 0.324. The van der Waals surface area contributed by atoms with Gasteiger partial charge < -0.3 is 10.3 Å². The standard InChI is InChI=1S/C34H36FN3O/c1-38(2)34(25-11-8-12-26(35)21-25)19-17-33(18-20-34)23-27(36-31(39)16-15-24-9-4-3-5-10-24)22-29-28-13-6-7-14-30(28)37-32(29)33/h3-16,21,27,37H,17-20,22-23H2,1-2H3,(H,36,39). The highest BCUT2D eigenvalue weighted by Gasteiger charge is 2.50. The average molecular weight is 522 g/mol. The molecule has 3 aromatic carbocycles. The molecule has 1 atom stereocenters. The topological polar surface area (TPSA) is 48.1 Å². The van der Waals surface area contributed by atoms with Gasteiger partial charge in [-0.05, 0) is 93.6 Å². The van der Waals surface area contributed by atoms with Crippen LogP contribution in [0.3, 0.4) is 0 Å². The molecule has 2 aliphatic rings. The van der Waals surface area contributed by atoms with Crippen LogP contribution in [0, 0.1) is 5.82 Å². The Kier molecular flexibility index (Phi) is 6.64. The lowest BCUT2D eigenvalue weighted by Gasteiger charge is -2.52. The molecule has 1 fully saturated rings. The van der Waals surface area contributed by atoms with E-state index in [1.165, 1.54) is 22.7 Å². The van der Waals surface area contributed by atoms with E-state index in [2.05, 4.69) is 59.6 Å². The number of hydrogen-bond donors (Lipinski definition) is 2. The number of halogens is 1. The number of benzene rings is 3. The zero-order valence-corrected chi connectivity index (χ0v) is 22.7. The number of rotatable bonds is 5. The van der Waals surface area contributed by atoms with Gasteiger partial charge in [-0.3, -0.25) is 9.69 Å². The van der Waals surface area contributed by atoms with E-state index in [0.717, 1.165) is 55.2 Å². The van der Waals surface area contributed by atoms with E-state index < -0.39 is 0 Å². The van der Waals surface area contributed by atoms with E-state index in [1.54, 1.807) is 12.1 Å². The lowest BCUT2D eigenvalue weighted by atomic mass is 9.58. The molecule has 1 heterocycles.